The van der Waals surface area contributed by atoms with Gasteiger partial charge in [0.05, 0.1) is 6.10 Å². The van der Waals surface area contributed by atoms with Crippen molar-refractivity contribution in [3.8, 4) is 0 Å². The molecule has 4 heteroatoms. The zero-order chi connectivity index (χ0) is 5.70. The van der Waals surface area contributed by atoms with Crippen molar-refractivity contribution >= 4 is 24.8 Å². The molecule has 0 aromatic heterocycles. The van der Waals surface area contributed by atoms with Gasteiger partial charge in [-0.1, -0.05) is 6.92 Å². The summed E-state index contributed by atoms with van der Waals surface area (Å²) in [6.07, 6.45) is -0.208. The summed E-state index contributed by atoms with van der Waals surface area (Å²) in [6, 6.07) is 0. The second kappa shape index (κ2) is 11.3. The van der Waals surface area contributed by atoms with Crippen molar-refractivity contribution in [1.82, 2.24) is 5.32 Å². The van der Waals surface area contributed by atoms with Crippen molar-refractivity contribution in [3.63, 3.8) is 0 Å². The number of nitrogens with one attached hydrogen (secondary N) is 1. The average Bonchev–Trinajstić information content (AvgIpc) is 1.61. The predicted molar refractivity (Wildman–Crippen MR) is 44.7 cm³/mol. The smallest absolute Gasteiger partial charge is 0.0636 e. The molecule has 1 atom stereocenters. The van der Waals surface area contributed by atoms with E-state index in [2.05, 4.69) is 5.32 Å². The van der Waals surface area contributed by atoms with Gasteiger partial charge in [0.25, 0.3) is 0 Å². The molecule has 2 N–H and O–H groups in total. The first-order chi connectivity index (χ1) is 3.27. The van der Waals surface area contributed by atoms with E-state index in [1.54, 1.807) is 6.92 Å². The summed E-state index contributed by atoms with van der Waals surface area (Å²) in [4.78, 5) is 0. The van der Waals surface area contributed by atoms with E-state index in [0.29, 0.717) is 6.54 Å². The van der Waals surface area contributed by atoms with E-state index in [4.69, 9.17) is 5.11 Å². The molecule has 0 aromatic carbocycles. The van der Waals surface area contributed by atoms with Crippen molar-refractivity contribution in [2.24, 2.45) is 0 Å². The summed E-state index contributed by atoms with van der Waals surface area (Å²) in [6.45, 7) is 5.42. The van der Waals surface area contributed by atoms with Crippen molar-refractivity contribution in [3.05, 3.63) is 0 Å². The monoisotopic (exact) mass is 175 g/mol. The molecule has 0 fully saturated rings. The quantitative estimate of drug-likeness (QED) is 0.667. The third-order valence-electron chi connectivity index (χ3n) is 0.690. The highest BCUT2D eigenvalue weighted by atomic mass is 35.5. The van der Waals surface area contributed by atoms with E-state index >= 15 is 0 Å². The molecule has 0 aliphatic heterocycles. The second-order valence-corrected chi connectivity index (χ2v) is 1.66. The van der Waals surface area contributed by atoms with Crippen molar-refractivity contribution in [2.75, 3.05) is 13.1 Å². The topological polar surface area (TPSA) is 32.3 Å². The van der Waals surface area contributed by atoms with Gasteiger partial charge in [-0.2, -0.15) is 0 Å². The van der Waals surface area contributed by atoms with Crippen molar-refractivity contribution in [2.45, 2.75) is 20.0 Å². The van der Waals surface area contributed by atoms with E-state index in [-0.39, 0.29) is 30.9 Å². The molecule has 9 heavy (non-hydrogen) atoms. The van der Waals surface area contributed by atoms with Gasteiger partial charge in [0, 0.05) is 6.54 Å². The molecule has 0 bridgehead atoms. The maximum atomic E-state index is 8.62. The van der Waals surface area contributed by atoms with Crippen LogP contribution in [0.25, 0.3) is 0 Å². The van der Waals surface area contributed by atoms with Crippen molar-refractivity contribution < 1.29 is 5.11 Å². The minimum Gasteiger partial charge on any atom is -0.392 e. The summed E-state index contributed by atoms with van der Waals surface area (Å²) < 4.78 is 0. The van der Waals surface area contributed by atoms with Gasteiger partial charge in [-0.05, 0) is 13.5 Å². The van der Waals surface area contributed by atoms with E-state index in [0.717, 1.165) is 6.54 Å². The number of hydrogen-bond donors (Lipinski definition) is 2. The van der Waals surface area contributed by atoms with Crippen LogP contribution in [0.5, 0.6) is 0 Å². The molecule has 0 heterocycles. The summed E-state index contributed by atoms with van der Waals surface area (Å²) >= 11 is 0. The lowest BCUT2D eigenvalue weighted by Crippen LogP contribution is -2.23. The van der Waals surface area contributed by atoms with Gasteiger partial charge in [0.15, 0.2) is 0 Å². The molecular formula is C5H15Cl2NO. The molecule has 0 aliphatic carbocycles. The maximum absolute atomic E-state index is 8.62. The van der Waals surface area contributed by atoms with E-state index in [1.807, 2.05) is 6.92 Å². The first-order valence-corrected chi connectivity index (χ1v) is 2.66. The molecule has 0 amide bonds. The number of rotatable bonds is 3. The zero-order valence-electron chi connectivity index (χ0n) is 5.76. The summed E-state index contributed by atoms with van der Waals surface area (Å²) in [5, 5.41) is 11.6. The number of likely N-dealkylation sites (N-methyl/N-ethyl adjacent to an activating group) is 1. The van der Waals surface area contributed by atoms with Crippen LogP contribution in [0.2, 0.25) is 0 Å². The van der Waals surface area contributed by atoms with Crippen LogP contribution in [0.3, 0.4) is 0 Å². The average molecular weight is 176 g/mol. The molecule has 60 valence electrons. The van der Waals surface area contributed by atoms with Gasteiger partial charge in [0.1, 0.15) is 0 Å². The lowest BCUT2D eigenvalue weighted by Gasteiger charge is -2.01. The summed E-state index contributed by atoms with van der Waals surface area (Å²) in [7, 11) is 0. The fraction of sp³-hybridized carbons (Fsp3) is 1.00. The minimum absolute atomic E-state index is 0. The third-order valence-corrected chi connectivity index (χ3v) is 0.690. The largest absolute Gasteiger partial charge is 0.392 e. The molecule has 0 rings (SSSR count). The number of aliphatic hydroxyl groups excluding tert-OH is 1. The van der Waals surface area contributed by atoms with Crippen LogP contribution in [0.1, 0.15) is 13.8 Å². The first kappa shape index (κ1) is 16.2. The Morgan fingerprint density at radius 3 is 2.00 bits per heavy atom. The predicted octanol–water partition coefficient (Wildman–Crippen LogP) is 0.820. The molecule has 0 saturated heterocycles. The Morgan fingerprint density at radius 2 is 1.89 bits per heavy atom. The number of hydrogen-bond acceptors (Lipinski definition) is 2. The molecular weight excluding hydrogens is 161 g/mol. The number of halogens is 2. The summed E-state index contributed by atoms with van der Waals surface area (Å²) in [5.74, 6) is 0. The molecule has 0 saturated carbocycles. The van der Waals surface area contributed by atoms with E-state index in [9.17, 15) is 0 Å². The Labute approximate surface area is 68.8 Å². The van der Waals surface area contributed by atoms with E-state index < -0.39 is 0 Å². The Balaban J connectivity index is -0.000000180. The van der Waals surface area contributed by atoms with Crippen LogP contribution in [0, 0.1) is 0 Å². The van der Waals surface area contributed by atoms with Gasteiger partial charge >= 0.3 is 0 Å². The first-order valence-electron chi connectivity index (χ1n) is 2.66. The third kappa shape index (κ3) is 17.7. The Kier molecular flexibility index (Phi) is 20.4. The minimum atomic E-state index is -0.208. The highest BCUT2D eigenvalue weighted by molar-refractivity contribution is 5.85. The second-order valence-electron chi connectivity index (χ2n) is 1.66. The molecule has 0 aliphatic rings. The molecule has 0 spiro atoms. The molecule has 1 unspecified atom stereocenters. The fourth-order valence-electron chi connectivity index (χ4n) is 0.353. The highest BCUT2D eigenvalue weighted by Gasteiger charge is 1.88. The molecule has 0 radical (unpaired) electrons. The number of aliphatic hydroxyl groups is 1. The summed E-state index contributed by atoms with van der Waals surface area (Å²) in [5.41, 5.74) is 0. The van der Waals surface area contributed by atoms with E-state index in [1.165, 1.54) is 0 Å². The normalized spacial score (nSPS) is 11.0. The SMILES string of the molecule is CCNCC(C)O.Cl.Cl. The Hall–Kier alpha value is 0.500. The molecule has 2 nitrogen and oxygen atoms in total. The van der Waals surface area contributed by atoms with Crippen LogP contribution in [0.4, 0.5) is 0 Å². The Morgan fingerprint density at radius 1 is 1.44 bits per heavy atom. The van der Waals surface area contributed by atoms with Gasteiger partial charge in [0.2, 0.25) is 0 Å². The van der Waals surface area contributed by atoms with Gasteiger partial charge in [-0.15, -0.1) is 24.8 Å². The lowest BCUT2D eigenvalue weighted by atomic mass is 10.4. The van der Waals surface area contributed by atoms with Gasteiger partial charge in [-0.3, -0.25) is 0 Å². The lowest BCUT2D eigenvalue weighted by molar-refractivity contribution is 0.192. The Bertz CT molecular complexity index is 43.9. The van der Waals surface area contributed by atoms with Crippen LogP contribution < -0.4 is 5.32 Å². The van der Waals surface area contributed by atoms with Crippen LogP contribution in [-0.4, -0.2) is 24.3 Å². The van der Waals surface area contributed by atoms with Gasteiger partial charge in [-0.25, -0.2) is 0 Å². The van der Waals surface area contributed by atoms with Crippen LogP contribution in [-0.2, 0) is 0 Å². The highest BCUT2D eigenvalue weighted by Crippen LogP contribution is 1.71. The standard InChI is InChI=1S/C5H13NO.2ClH/c1-3-6-4-5(2)7;;/h5-7H,3-4H2,1-2H3;2*1H. The zero-order valence-corrected chi connectivity index (χ0v) is 7.39. The maximum Gasteiger partial charge on any atom is 0.0636 e. The van der Waals surface area contributed by atoms with Gasteiger partial charge < -0.3 is 10.4 Å². The fourth-order valence-corrected chi connectivity index (χ4v) is 0.353. The molecule has 0 aromatic rings. The van der Waals surface area contributed by atoms with Crippen LogP contribution >= 0.6 is 24.8 Å². The van der Waals surface area contributed by atoms with Crippen LogP contribution in [0.15, 0.2) is 0 Å². The van der Waals surface area contributed by atoms with Crippen molar-refractivity contribution in [1.29, 1.82) is 0 Å².